The Labute approximate surface area is 104 Å². The third kappa shape index (κ3) is 3.70. The number of para-hydroxylation sites is 2. The molecule has 98 valence electrons. The van der Waals surface area contributed by atoms with Gasteiger partial charge in [-0.2, -0.15) is 0 Å². The Morgan fingerprint density at radius 2 is 2.17 bits per heavy atom. The first-order valence-electron chi connectivity index (χ1n) is 5.34. The maximum Gasteiger partial charge on any atom is 0.326 e. The number of rotatable bonds is 6. The van der Waals surface area contributed by atoms with Gasteiger partial charge >= 0.3 is 11.7 Å². The molecular weight excluding hydrogens is 240 g/mol. The van der Waals surface area contributed by atoms with Gasteiger partial charge < -0.3 is 15.2 Å². The van der Waals surface area contributed by atoms with Crippen LogP contribution >= 0.6 is 0 Å². The molecule has 0 aliphatic carbocycles. The maximum absolute atomic E-state index is 11.2. The fourth-order valence-electron chi connectivity index (χ4n) is 1.23. The van der Waals surface area contributed by atoms with Gasteiger partial charge in [-0.05, 0) is 13.0 Å². The van der Waals surface area contributed by atoms with E-state index < -0.39 is 16.9 Å². The third-order valence-electron chi connectivity index (χ3n) is 2.07. The first-order chi connectivity index (χ1) is 8.56. The van der Waals surface area contributed by atoms with Crippen LogP contribution in [0.15, 0.2) is 24.3 Å². The number of nitrogens with two attached hydrogens (primary N) is 1. The largest absolute Gasteiger partial charge is 0.485 e. The molecule has 7 heteroatoms. The summed E-state index contributed by atoms with van der Waals surface area (Å²) in [5, 5.41) is 10.7. The molecule has 0 radical (unpaired) electrons. The number of carbonyl (C=O) groups excluding carboxylic acids is 1. The van der Waals surface area contributed by atoms with Gasteiger partial charge in [-0.3, -0.25) is 14.9 Å². The van der Waals surface area contributed by atoms with Gasteiger partial charge in [-0.1, -0.05) is 12.1 Å². The van der Waals surface area contributed by atoms with E-state index in [2.05, 4.69) is 0 Å². The van der Waals surface area contributed by atoms with Crippen LogP contribution in [0.1, 0.15) is 6.92 Å². The summed E-state index contributed by atoms with van der Waals surface area (Å²) in [7, 11) is 0. The molecule has 0 heterocycles. The van der Waals surface area contributed by atoms with Gasteiger partial charge in [-0.25, -0.2) is 0 Å². The lowest BCUT2D eigenvalue weighted by Gasteiger charge is -2.11. The summed E-state index contributed by atoms with van der Waals surface area (Å²) in [6, 6.07) is 4.90. The minimum atomic E-state index is -0.968. The molecule has 0 aliphatic rings. The lowest BCUT2D eigenvalue weighted by Crippen LogP contribution is -2.37. The number of nitrogens with zero attached hydrogens (tertiary/aromatic N) is 1. The molecule has 1 atom stereocenters. The number of ether oxygens (including phenoxy) is 2. The number of hydrogen-bond donors (Lipinski definition) is 1. The molecule has 1 unspecified atom stereocenters. The molecule has 0 spiro atoms. The average molecular weight is 254 g/mol. The van der Waals surface area contributed by atoms with E-state index in [0.29, 0.717) is 0 Å². The van der Waals surface area contributed by atoms with E-state index >= 15 is 0 Å². The van der Waals surface area contributed by atoms with E-state index in [0.717, 1.165) is 0 Å². The Morgan fingerprint density at radius 3 is 2.78 bits per heavy atom. The van der Waals surface area contributed by atoms with Crippen molar-refractivity contribution < 1.29 is 19.2 Å². The van der Waals surface area contributed by atoms with Gasteiger partial charge in [-0.15, -0.1) is 0 Å². The lowest BCUT2D eigenvalue weighted by atomic mass is 10.3. The van der Waals surface area contributed by atoms with Crippen LogP contribution in [-0.2, 0) is 9.53 Å². The standard InChI is InChI=1S/C11H14N2O5/c1-2-17-11(14)8(12)7-18-10-6-4-3-5-9(10)13(15)16/h3-6,8H,2,7,12H2,1H3. The Balaban J connectivity index is 2.63. The van der Waals surface area contributed by atoms with Gasteiger partial charge in [0.15, 0.2) is 5.75 Å². The van der Waals surface area contributed by atoms with Crippen molar-refractivity contribution >= 4 is 11.7 Å². The zero-order valence-corrected chi connectivity index (χ0v) is 9.87. The molecule has 0 fully saturated rings. The van der Waals surface area contributed by atoms with Crippen molar-refractivity contribution in [2.45, 2.75) is 13.0 Å². The SMILES string of the molecule is CCOC(=O)C(N)COc1ccccc1[N+](=O)[O-]. The summed E-state index contributed by atoms with van der Waals surface area (Å²) in [6.07, 6.45) is 0. The molecule has 1 aromatic rings. The van der Waals surface area contributed by atoms with Crippen LogP contribution in [0, 0.1) is 10.1 Å². The summed E-state index contributed by atoms with van der Waals surface area (Å²) in [4.78, 5) is 21.4. The molecular formula is C11H14N2O5. The minimum Gasteiger partial charge on any atom is -0.485 e. The monoisotopic (exact) mass is 254 g/mol. The molecule has 0 aromatic heterocycles. The van der Waals surface area contributed by atoms with Crippen molar-refractivity contribution in [1.29, 1.82) is 0 Å². The van der Waals surface area contributed by atoms with E-state index in [1.165, 1.54) is 18.2 Å². The van der Waals surface area contributed by atoms with Crippen LogP contribution in [0.2, 0.25) is 0 Å². The smallest absolute Gasteiger partial charge is 0.326 e. The minimum absolute atomic E-state index is 0.0715. The normalized spacial score (nSPS) is 11.7. The third-order valence-corrected chi connectivity index (χ3v) is 2.07. The van der Waals surface area contributed by atoms with E-state index in [-0.39, 0.29) is 24.7 Å². The number of carbonyl (C=O) groups is 1. The van der Waals surface area contributed by atoms with Crippen molar-refractivity contribution in [3.05, 3.63) is 34.4 Å². The Bertz CT molecular complexity index is 435. The first kappa shape index (κ1) is 13.9. The van der Waals surface area contributed by atoms with Crippen LogP contribution in [0.25, 0.3) is 0 Å². The van der Waals surface area contributed by atoms with Gasteiger partial charge in [0.25, 0.3) is 0 Å². The number of benzene rings is 1. The number of nitro benzene ring substituents is 1. The molecule has 0 saturated heterocycles. The molecule has 7 nitrogen and oxygen atoms in total. The summed E-state index contributed by atoms with van der Waals surface area (Å²) in [5.74, 6) is -0.529. The second-order valence-corrected chi connectivity index (χ2v) is 3.39. The first-order valence-corrected chi connectivity index (χ1v) is 5.34. The molecule has 0 amide bonds. The van der Waals surface area contributed by atoms with Crippen molar-refractivity contribution in [1.82, 2.24) is 0 Å². The van der Waals surface area contributed by atoms with E-state index in [1.807, 2.05) is 0 Å². The van der Waals surface area contributed by atoms with Crippen LogP contribution in [0.3, 0.4) is 0 Å². The lowest BCUT2D eigenvalue weighted by molar-refractivity contribution is -0.385. The Hall–Kier alpha value is -2.15. The summed E-state index contributed by atoms with van der Waals surface area (Å²) in [6.45, 7) is 1.70. The average Bonchev–Trinajstić information content (AvgIpc) is 2.36. The summed E-state index contributed by atoms with van der Waals surface area (Å²) >= 11 is 0. The van der Waals surface area contributed by atoms with Crippen LogP contribution in [-0.4, -0.2) is 30.1 Å². The van der Waals surface area contributed by atoms with Gasteiger partial charge in [0.2, 0.25) is 0 Å². The highest BCUT2D eigenvalue weighted by atomic mass is 16.6. The van der Waals surface area contributed by atoms with E-state index in [4.69, 9.17) is 15.2 Å². The predicted molar refractivity (Wildman–Crippen MR) is 63.2 cm³/mol. The quantitative estimate of drug-likeness (QED) is 0.458. The molecule has 2 N–H and O–H groups in total. The molecule has 0 aliphatic heterocycles. The topological polar surface area (TPSA) is 105 Å². The molecule has 0 saturated carbocycles. The van der Waals surface area contributed by atoms with E-state index in [9.17, 15) is 14.9 Å². The second-order valence-electron chi connectivity index (χ2n) is 3.39. The summed E-state index contributed by atoms with van der Waals surface area (Å²) < 4.78 is 9.85. The maximum atomic E-state index is 11.2. The van der Waals surface area contributed by atoms with Crippen molar-refractivity contribution in [2.24, 2.45) is 5.73 Å². The molecule has 18 heavy (non-hydrogen) atoms. The van der Waals surface area contributed by atoms with Crippen molar-refractivity contribution in [2.75, 3.05) is 13.2 Å². The van der Waals surface area contributed by atoms with Crippen molar-refractivity contribution in [3.63, 3.8) is 0 Å². The summed E-state index contributed by atoms with van der Waals surface area (Å²) in [5.41, 5.74) is 5.34. The van der Waals surface area contributed by atoms with Gasteiger partial charge in [0.05, 0.1) is 11.5 Å². The highest BCUT2D eigenvalue weighted by molar-refractivity contribution is 5.75. The van der Waals surface area contributed by atoms with E-state index in [1.54, 1.807) is 13.0 Å². The van der Waals surface area contributed by atoms with Gasteiger partial charge in [0, 0.05) is 6.07 Å². The molecule has 1 rings (SSSR count). The Morgan fingerprint density at radius 1 is 1.50 bits per heavy atom. The molecule has 1 aromatic carbocycles. The fraction of sp³-hybridized carbons (Fsp3) is 0.364. The fourth-order valence-corrected chi connectivity index (χ4v) is 1.23. The van der Waals surface area contributed by atoms with Crippen LogP contribution in [0.5, 0.6) is 5.75 Å². The number of hydrogen-bond acceptors (Lipinski definition) is 6. The van der Waals surface area contributed by atoms with Crippen LogP contribution in [0.4, 0.5) is 5.69 Å². The van der Waals surface area contributed by atoms with Crippen LogP contribution < -0.4 is 10.5 Å². The zero-order chi connectivity index (χ0) is 13.5. The van der Waals surface area contributed by atoms with Gasteiger partial charge in [0.1, 0.15) is 12.6 Å². The highest BCUT2D eigenvalue weighted by Gasteiger charge is 2.18. The predicted octanol–water partition coefficient (Wildman–Crippen LogP) is 0.864. The zero-order valence-electron chi connectivity index (χ0n) is 9.87. The molecule has 0 bridgehead atoms. The number of esters is 1. The Kier molecular flexibility index (Phi) is 5.06. The second kappa shape index (κ2) is 6.55. The number of nitro groups is 1. The van der Waals surface area contributed by atoms with Crippen molar-refractivity contribution in [3.8, 4) is 5.75 Å². The highest BCUT2D eigenvalue weighted by Crippen LogP contribution is 2.25.